The van der Waals surface area contributed by atoms with Gasteiger partial charge in [-0.3, -0.25) is 14.5 Å². The first-order valence-corrected chi connectivity index (χ1v) is 8.98. The minimum atomic E-state index is -0.305. The molecule has 1 saturated heterocycles. The number of carbonyl (C=O) groups is 2. The van der Waals surface area contributed by atoms with Gasteiger partial charge >= 0.3 is 0 Å². The van der Waals surface area contributed by atoms with Gasteiger partial charge in [-0.2, -0.15) is 0 Å². The maximum Gasteiger partial charge on any atom is 0.231 e. The number of carbonyl (C=O) groups excluding carboxylic acids is 2. The first kappa shape index (κ1) is 17.9. The van der Waals surface area contributed by atoms with Crippen molar-refractivity contribution in [2.45, 2.75) is 39.5 Å². The van der Waals surface area contributed by atoms with E-state index in [1.54, 1.807) is 11.3 Å². The first-order chi connectivity index (χ1) is 11.0. The molecule has 0 spiro atoms. The SMILES string of the molecule is Cc1nc(CCCNC(=O)C2CCN(CC(N)=O)CC2)sc1C. The van der Waals surface area contributed by atoms with E-state index in [4.69, 9.17) is 5.73 Å². The Balaban J connectivity index is 1.63. The number of aromatic nitrogens is 1. The van der Waals surface area contributed by atoms with Crippen LogP contribution in [0, 0.1) is 19.8 Å². The van der Waals surface area contributed by atoms with Crippen LogP contribution in [0.5, 0.6) is 0 Å². The third-order valence-corrected chi connectivity index (χ3v) is 5.41. The summed E-state index contributed by atoms with van der Waals surface area (Å²) in [6, 6.07) is 0. The number of hydrogen-bond donors (Lipinski definition) is 2. The second-order valence-corrected chi connectivity index (χ2v) is 7.45. The van der Waals surface area contributed by atoms with Crippen molar-refractivity contribution in [3.05, 3.63) is 15.6 Å². The molecule has 0 atom stereocenters. The molecule has 128 valence electrons. The minimum Gasteiger partial charge on any atom is -0.369 e. The van der Waals surface area contributed by atoms with Crippen molar-refractivity contribution >= 4 is 23.2 Å². The Labute approximate surface area is 141 Å². The van der Waals surface area contributed by atoms with Crippen LogP contribution in [-0.4, -0.2) is 47.9 Å². The smallest absolute Gasteiger partial charge is 0.231 e. The van der Waals surface area contributed by atoms with Crippen molar-refractivity contribution < 1.29 is 9.59 Å². The zero-order chi connectivity index (χ0) is 16.8. The number of hydrogen-bond acceptors (Lipinski definition) is 5. The van der Waals surface area contributed by atoms with Crippen molar-refractivity contribution in [3.8, 4) is 0 Å². The van der Waals surface area contributed by atoms with Crippen molar-refractivity contribution in [2.75, 3.05) is 26.2 Å². The topological polar surface area (TPSA) is 88.3 Å². The molecular weight excluding hydrogens is 312 g/mol. The zero-order valence-electron chi connectivity index (χ0n) is 13.9. The van der Waals surface area contributed by atoms with Gasteiger partial charge in [0.05, 0.1) is 17.2 Å². The number of nitrogens with two attached hydrogens (primary N) is 1. The molecule has 6 nitrogen and oxygen atoms in total. The number of thiazole rings is 1. The maximum atomic E-state index is 12.2. The fourth-order valence-electron chi connectivity index (χ4n) is 2.82. The molecule has 0 bridgehead atoms. The number of nitrogens with zero attached hydrogens (tertiary/aromatic N) is 2. The molecule has 0 unspecified atom stereocenters. The monoisotopic (exact) mass is 338 g/mol. The van der Waals surface area contributed by atoms with Crippen LogP contribution in [0.3, 0.4) is 0 Å². The molecule has 2 rings (SSSR count). The normalized spacial score (nSPS) is 16.4. The Kier molecular flexibility index (Phi) is 6.53. The lowest BCUT2D eigenvalue weighted by molar-refractivity contribution is -0.126. The third kappa shape index (κ3) is 5.58. The molecule has 0 saturated carbocycles. The molecule has 2 heterocycles. The summed E-state index contributed by atoms with van der Waals surface area (Å²) in [5.74, 6) is -0.112. The molecule has 1 aromatic heterocycles. The highest BCUT2D eigenvalue weighted by Gasteiger charge is 2.25. The van der Waals surface area contributed by atoms with Crippen LogP contribution in [0.15, 0.2) is 0 Å². The van der Waals surface area contributed by atoms with Crippen molar-refractivity contribution in [2.24, 2.45) is 11.7 Å². The van der Waals surface area contributed by atoms with Gasteiger partial charge in [0.1, 0.15) is 0 Å². The summed E-state index contributed by atoms with van der Waals surface area (Å²) in [5.41, 5.74) is 6.30. The van der Waals surface area contributed by atoms with Crippen LogP contribution in [0.2, 0.25) is 0 Å². The summed E-state index contributed by atoms with van der Waals surface area (Å²) in [5, 5.41) is 4.17. The van der Waals surface area contributed by atoms with Gasteiger partial charge < -0.3 is 11.1 Å². The summed E-state index contributed by atoms with van der Waals surface area (Å²) in [6.45, 7) is 6.63. The first-order valence-electron chi connectivity index (χ1n) is 8.17. The summed E-state index contributed by atoms with van der Waals surface area (Å²) in [4.78, 5) is 30.9. The molecule has 3 N–H and O–H groups in total. The van der Waals surface area contributed by atoms with E-state index in [-0.39, 0.29) is 17.7 Å². The second-order valence-electron chi connectivity index (χ2n) is 6.16. The number of aryl methyl sites for hydroxylation is 3. The lowest BCUT2D eigenvalue weighted by Crippen LogP contribution is -2.43. The number of likely N-dealkylation sites (tertiary alicyclic amines) is 1. The Morgan fingerprint density at radius 1 is 1.35 bits per heavy atom. The van der Waals surface area contributed by atoms with Crippen LogP contribution in [0.4, 0.5) is 0 Å². The van der Waals surface area contributed by atoms with E-state index in [9.17, 15) is 9.59 Å². The maximum absolute atomic E-state index is 12.2. The van der Waals surface area contributed by atoms with Crippen LogP contribution in [-0.2, 0) is 16.0 Å². The van der Waals surface area contributed by atoms with Gasteiger partial charge in [-0.1, -0.05) is 0 Å². The zero-order valence-corrected chi connectivity index (χ0v) is 14.7. The lowest BCUT2D eigenvalue weighted by Gasteiger charge is -2.30. The predicted octanol–water partition coefficient (Wildman–Crippen LogP) is 1.01. The van der Waals surface area contributed by atoms with Crippen molar-refractivity contribution in [3.63, 3.8) is 0 Å². The number of primary amides is 1. The van der Waals surface area contributed by atoms with Crippen LogP contribution in [0.25, 0.3) is 0 Å². The highest BCUT2D eigenvalue weighted by atomic mass is 32.1. The van der Waals surface area contributed by atoms with E-state index < -0.39 is 0 Å². The van der Waals surface area contributed by atoms with Crippen molar-refractivity contribution in [1.82, 2.24) is 15.2 Å². The van der Waals surface area contributed by atoms with E-state index in [0.717, 1.165) is 49.5 Å². The molecule has 0 radical (unpaired) electrons. The molecule has 0 aliphatic carbocycles. The van der Waals surface area contributed by atoms with E-state index in [1.807, 2.05) is 11.8 Å². The van der Waals surface area contributed by atoms with Gasteiger partial charge in [0, 0.05) is 23.8 Å². The average molecular weight is 338 g/mol. The Hall–Kier alpha value is -1.47. The molecule has 1 aromatic rings. The number of amides is 2. The van der Waals surface area contributed by atoms with Gasteiger partial charge in [0.25, 0.3) is 0 Å². The quantitative estimate of drug-likeness (QED) is 0.726. The molecule has 2 amide bonds. The highest BCUT2D eigenvalue weighted by molar-refractivity contribution is 7.11. The summed E-state index contributed by atoms with van der Waals surface area (Å²) in [7, 11) is 0. The van der Waals surface area contributed by atoms with Crippen molar-refractivity contribution in [1.29, 1.82) is 0 Å². The van der Waals surface area contributed by atoms with Gasteiger partial charge in [0.15, 0.2) is 0 Å². The van der Waals surface area contributed by atoms with Gasteiger partial charge in [0.2, 0.25) is 11.8 Å². The Bertz CT molecular complexity index is 531. The van der Waals surface area contributed by atoms with Crippen LogP contribution < -0.4 is 11.1 Å². The molecule has 23 heavy (non-hydrogen) atoms. The molecule has 1 aliphatic heterocycles. The van der Waals surface area contributed by atoms with E-state index in [0.29, 0.717) is 13.1 Å². The number of nitrogens with one attached hydrogen (secondary N) is 1. The number of rotatable bonds is 7. The van der Waals surface area contributed by atoms with E-state index in [2.05, 4.69) is 17.2 Å². The lowest BCUT2D eigenvalue weighted by atomic mass is 9.96. The van der Waals surface area contributed by atoms with Gasteiger partial charge in [-0.05, 0) is 46.2 Å². The van der Waals surface area contributed by atoms with Gasteiger partial charge in [-0.15, -0.1) is 11.3 Å². The van der Waals surface area contributed by atoms with Crippen LogP contribution >= 0.6 is 11.3 Å². The minimum absolute atomic E-state index is 0.0588. The fraction of sp³-hybridized carbons (Fsp3) is 0.688. The summed E-state index contributed by atoms with van der Waals surface area (Å²) < 4.78 is 0. The Morgan fingerprint density at radius 2 is 2.04 bits per heavy atom. The second kappa shape index (κ2) is 8.40. The van der Waals surface area contributed by atoms with E-state index in [1.165, 1.54) is 4.88 Å². The van der Waals surface area contributed by atoms with Gasteiger partial charge in [-0.25, -0.2) is 4.98 Å². The highest BCUT2D eigenvalue weighted by Crippen LogP contribution is 2.18. The molecular formula is C16H26N4O2S. The average Bonchev–Trinajstić information content (AvgIpc) is 2.82. The molecule has 0 aromatic carbocycles. The third-order valence-electron chi connectivity index (χ3n) is 4.28. The Morgan fingerprint density at radius 3 is 2.61 bits per heavy atom. The van der Waals surface area contributed by atoms with E-state index >= 15 is 0 Å². The van der Waals surface area contributed by atoms with Crippen LogP contribution in [0.1, 0.15) is 34.8 Å². The molecule has 1 aliphatic rings. The standard InChI is InChI=1S/C16H26N4O2S/c1-11-12(2)23-15(19-11)4-3-7-18-16(22)13-5-8-20(9-6-13)10-14(17)21/h13H,3-10H2,1-2H3,(H2,17,21)(H,18,22). The number of piperidine rings is 1. The predicted molar refractivity (Wildman–Crippen MR) is 91.3 cm³/mol. The fourth-order valence-corrected chi connectivity index (χ4v) is 3.79. The summed E-state index contributed by atoms with van der Waals surface area (Å²) in [6.07, 6.45) is 3.42. The largest absolute Gasteiger partial charge is 0.369 e. The molecule has 7 heteroatoms. The summed E-state index contributed by atoms with van der Waals surface area (Å²) >= 11 is 1.74. The molecule has 1 fully saturated rings.